The SMILES string of the molecule is NC(=O)c1ccc(Oc2ccc(C(=O)N3CCC(CN4CCCC4)CC3)cc2)cc1. The van der Waals surface area contributed by atoms with Crippen molar-refractivity contribution in [3.8, 4) is 11.5 Å². The summed E-state index contributed by atoms with van der Waals surface area (Å²) in [6.45, 7) is 5.34. The van der Waals surface area contributed by atoms with E-state index in [1.807, 2.05) is 17.0 Å². The van der Waals surface area contributed by atoms with Crippen molar-refractivity contribution >= 4 is 11.8 Å². The maximum absolute atomic E-state index is 12.9. The fourth-order valence-electron chi connectivity index (χ4n) is 4.32. The highest BCUT2D eigenvalue weighted by Crippen LogP contribution is 2.25. The zero-order chi connectivity index (χ0) is 20.9. The van der Waals surface area contributed by atoms with Crippen molar-refractivity contribution in [3.05, 3.63) is 59.7 Å². The Balaban J connectivity index is 1.29. The molecular formula is C24H29N3O3. The summed E-state index contributed by atoms with van der Waals surface area (Å²) >= 11 is 0. The lowest BCUT2D eigenvalue weighted by Gasteiger charge is -2.34. The third-order valence-electron chi connectivity index (χ3n) is 6.09. The molecule has 2 aliphatic heterocycles. The number of carbonyl (C=O) groups excluding carboxylic acids is 2. The summed E-state index contributed by atoms with van der Waals surface area (Å²) in [5.74, 6) is 1.59. The van der Waals surface area contributed by atoms with Crippen LogP contribution >= 0.6 is 0 Å². The van der Waals surface area contributed by atoms with E-state index in [2.05, 4.69) is 4.90 Å². The van der Waals surface area contributed by atoms with Crippen molar-refractivity contribution in [2.45, 2.75) is 25.7 Å². The molecule has 2 aromatic carbocycles. The Labute approximate surface area is 177 Å². The van der Waals surface area contributed by atoms with Gasteiger partial charge in [-0.15, -0.1) is 0 Å². The molecule has 2 saturated heterocycles. The first-order valence-electron chi connectivity index (χ1n) is 10.8. The third-order valence-corrected chi connectivity index (χ3v) is 6.09. The van der Waals surface area contributed by atoms with E-state index in [9.17, 15) is 9.59 Å². The second kappa shape index (κ2) is 9.30. The van der Waals surface area contributed by atoms with Gasteiger partial charge in [-0.25, -0.2) is 0 Å². The maximum atomic E-state index is 12.9. The van der Waals surface area contributed by atoms with Crippen LogP contribution in [0.15, 0.2) is 48.5 Å². The number of nitrogens with two attached hydrogens (primary N) is 1. The highest BCUT2D eigenvalue weighted by Gasteiger charge is 2.25. The summed E-state index contributed by atoms with van der Waals surface area (Å²) in [5.41, 5.74) is 6.37. The molecule has 0 aliphatic carbocycles. The largest absolute Gasteiger partial charge is 0.457 e. The first-order valence-corrected chi connectivity index (χ1v) is 10.8. The summed E-state index contributed by atoms with van der Waals surface area (Å²) in [5, 5.41) is 0. The van der Waals surface area contributed by atoms with Crippen LogP contribution in [0.1, 0.15) is 46.4 Å². The second-order valence-electron chi connectivity index (χ2n) is 8.26. The van der Waals surface area contributed by atoms with Crippen molar-refractivity contribution in [2.75, 3.05) is 32.7 Å². The van der Waals surface area contributed by atoms with Crippen LogP contribution < -0.4 is 10.5 Å². The number of likely N-dealkylation sites (tertiary alicyclic amines) is 2. The normalized spacial score (nSPS) is 17.8. The van der Waals surface area contributed by atoms with E-state index in [1.54, 1.807) is 36.4 Å². The van der Waals surface area contributed by atoms with Gasteiger partial charge in [-0.3, -0.25) is 9.59 Å². The van der Waals surface area contributed by atoms with E-state index in [0.717, 1.165) is 25.9 Å². The number of amides is 2. The Morgan fingerprint density at radius 1 is 0.833 bits per heavy atom. The monoisotopic (exact) mass is 407 g/mol. The van der Waals surface area contributed by atoms with E-state index in [1.165, 1.54) is 32.5 Å². The van der Waals surface area contributed by atoms with Crippen molar-refractivity contribution in [3.63, 3.8) is 0 Å². The Morgan fingerprint density at radius 3 is 1.90 bits per heavy atom. The number of hydrogen-bond donors (Lipinski definition) is 1. The minimum atomic E-state index is -0.468. The minimum Gasteiger partial charge on any atom is -0.457 e. The molecule has 0 aromatic heterocycles. The van der Waals surface area contributed by atoms with Crippen molar-refractivity contribution in [2.24, 2.45) is 11.7 Å². The smallest absolute Gasteiger partial charge is 0.253 e. The predicted molar refractivity (Wildman–Crippen MR) is 116 cm³/mol. The average molecular weight is 408 g/mol. The van der Waals surface area contributed by atoms with Crippen LogP contribution in [0.5, 0.6) is 11.5 Å². The van der Waals surface area contributed by atoms with Crippen LogP contribution in [0, 0.1) is 5.92 Å². The van der Waals surface area contributed by atoms with E-state index >= 15 is 0 Å². The number of carbonyl (C=O) groups is 2. The van der Waals surface area contributed by atoms with Gasteiger partial charge in [0.2, 0.25) is 5.91 Å². The Hall–Kier alpha value is -2.86. The number of nitrogens with zero attached hydrogens (tertiary/aromatic N) is 2. The Kier molecular flexibility index (Phi) is 6.33. The van der Waals surface area contributed by atoms with Gasteiger partial charge in [0.05, 0.1) is 0 Å². The zero-order valence-electron chi connectivity index (χ0n) is 17.3. The number of primary amides is 1. The van der Waals surface area contributed by atoms with Crippen LogP contribution in [0.4, 0.5) is 0 Å². The Morgan fingerprint density at radius 2 is 1.37 bits per heavy atom. The lowest BCUT2D eigenvalue weighted by Crippen LogP contribution is -2.41. The van der Waals surface area contributed by atoms with E-state index < -0.39 is 5.91 Å². The van der Waals surface area contributed by atoms with Crippen LogP contribution in [0.25, 0.3) is 0 Å². The molecule has 4 rings (SSSR count). The molecule has 0 saturated carbocycles. The average Bonchev–Trinajstić information content (AvgIpc) is 3.28. The molecule has 0 atom stereocenters. The molecule has 0 radical (unpaired) electrons. The Bertz CT molecular complexity index is 866. The number of hydrogen-bond acceptors (Lipinski definition) is 4. The van der Waals surface area contributed by atoms with Gasteiger partial charge in [0.25, 0.3) is 5.91 Å². The molecule has 2 fully saturated rings. The lowest BCUT2D eigenvalue weighted by atomic mass is 9.95. The second-order valence-corrected chi connectivity index (χ2v) is 8.26. The molecule has 0 spiro atoms. The van der Waals surface area contributed by atoms with Gasteiger partial charge in [0, 0.05) is 30.8 Å². The molecule has 2 N–H and O–H groups in total. The van der Waals surface area contributed by atoms with Gasteiger partial charge in [0.1, 0.15) is 11.5 Å². The van der Waals surface area contributed by atoms with Crippen molar-refractivity contribution < 1.29 is 14.3 Å². The predicted octanol–water partition coefficient (Wildman–Crippen LogP) is 3.53. The molecule has 2 aliphatic rings. The van der Waals surface area contributed by atoms with Gasteiger partial charge in [0.15, 0.2) is 0 Å². The maximum Gasteiger partial charge on any atom is 0.253 e. The van der Waals surface area contributed by atoms with E-state index in [-0.39, 0.29) is 5.91 Å². The summed E-state index contributed by atoms with van der Waals surface area (Å²) in [6.07, 6.45) is 4.83. The molecule has 2 amide bonds. The molecule has 0 unspecified atom stereocenters. The zero-order valence-corrected chi connectivity index (χ0v) is 17.3. The molecule has 0 bridgehead atoms. The van der Waals surface area contributed by atoms with Gasteiger partial charge in [-0.1, -0.05) is 0 Å². The van der Waals surface area contributed by atoms with Gasteiger partial charge in [-0.2, -0.15) is 0 Å². The summed E-state index contributed by atoms with van der Waals surface area (Å²) in [6, 6.07) is 13.9. The third kappa shape index (κ3) is 5.00. The quantitative estimate of drug-likeness (QED) is 0.795. The fourth-order valence-corrected chi connectivity index (χ4v) is 4.32. The topological polar surface area (TPSA) is 75.9 Å². The molecule has 30 heavy (non-hydrogen) atoms. The summed E-state index contributed by atoms with van der Waals surface area (Å²) in [7, 11) is 0. The van der Waals surface area contributed by atoms with Crippen LogP contribution in [-0.2, 0) is 0 Å². The van der Waals surface area contributed by atoms with E-state index in [0.29, 0.717) is 28.5 Å². The standard InChI is InChI=1S/C24H29N3O3/c25-23(28)19-3-7-21(8-4-19)30-22-9-5-20(6-10-22)24(29)27-15-11-18(12-16-27)17-26-13-1-2-14-26/h3-10,18H,1-2,11-17H2,(H2,25,28). The van der Waals surface area contributed by atoms with Crippen molar-refractivity contribution in [1.82, 2.24) is 9.80 Å². The van der Waals surface area contributed by atoms with Crippen molar-refractivity contribution in [1.29, 1.82) is 0 Å². The van der Waals surface area contributed by atoms with Gasteiger partial charge >= 0.3 is 0 Å². The number of ether oxygens (including phenoxy) is 1. The molecule has 6 heteroatoms. The minimum absolute atomic E-state index is 0.0898. The molecule has 158 valence electrons. The molecular weight excluding hydrogens is 378 g/mol. The van der Waals surface area contributed by atoms with Gasteiger partial charge < -0.3 is 20.3 Å². The number of benzene rings is 2. The number of rotatable bonds is 6. The van der Waals surface area contributed by atoms with Crippen LogP contribution in [-0.4, -0.2) is 54.3 Å². The first kappa shape index (κ1) is 20.4. The molecule has 2 aromatic rings. The fraction of sp³-hybridized carbons (Fsp3) is 0.417. The highest BCUT2D eigenvalue weighted by atomic mass is 16.5. The summed E-state index contributed by atoms with van der Waals surface area (Å²) < 4.78 is 5.79. The highest BCUT2D eigenvalue weighted by molar-refractivity contribution is 5.94. The first-order chi connectivity index (χ1) is 14.6. The molecule has 2 heterocycles. The van der Waals surface area contributed by atoms with Crippen LogP contribution in [0.2, 0.25) is 0 Å². The van der Waals surface area contributed by atoms with Crippen LogP contribution in [0.3, 0.4) is 0 Å². The molecule has 6 nitrogen and oxygen atoms in total. The summed E-state index contributed by atoms with van der Waals surface area (Å²) in [4.78, 5) is 28.5. The lowest BCUT2D eigenvalue weighted by molar-refractivity contribution is 0.0673. The number of piperidine rings is 1. The van der Waals surface area contributed by atoms with E-state index in [4.69, 9.17) is 10.5 Å². The van der Waals surface area contributed by atoms with Gasteiger partial charge in [-0.05, 0) is 93.2 Å².